The molecule has 0 spiro atoms. The summed E-state index contributed by atoms with van der Waals surface area (Å²) >= 11 is 7.39. The number of amides is 1. The van der Waals surface area contributed by atoms with Gasteiger partial charge >= 0.3 is 0 Å². The van der Waals surface area contributed by atoms with E-state index < -0.39 is 0 Å². The van der Waals surface area contributed by atoms with Gasteiger partial charge in [-0.1, -0.05) is 68.4 Å². The van der Waals surface area contributed by atoms with Gasteiger partial charge in [-0.3, -0.25) is 9.59 Å². The number of rotatable bonds is 5. The second-order valence-electron chi connectivity index (χ2n) is 8.92. The van der Waals surface area contributed by atoms with Crippen molar-refractivity contribution in [3.8, 4) is 11.3 Å². The van der Waals surface area contributed by atoms with E-state index in [4.69, 9.17) is 16.6 Å². The van der Waals surface area contributed by atoms with Gasteiger partial charge in [0.15, 0.2) is 5.16 Å². The molecule has 1 aliphatic carbocycles. The number of fused-ring (bicyclic) bond motifs is 4. The molecule has 0 radical (unpaired) electrons. The maximum Gasteiger partial charge on any atom is 0.265 e. The minimum absolute atomic E-state index is 0.0767. The normalized spacial score (nSPS) is 14.0. The number of thioether (sulfide) groups is 1. The minimum atomic E-state index is -0.378. The zero-order chi connectivity index (χ0) is 24.0. The number of nitrogens with one attached hydrogen (secondary N) is 1. The van der Waals surface area contributed by atoms with Crippen LogP contribution in [0.2, 0.25) is 5.02 Å². The van der Waals surface area contributed by atoms with Crippen molar-refractivity contribution in [2.45, 2.75) is 44.3 Å². The summed E-state index contributed by atoms with van der Waals surface area (Å²) in [6.07, 6.45) is 0.757. The summed E-state index contributed by atoms with van der Waals surface area (Å²) in [5.74, 6) is 0.824. The first-order valence-corrected chi connectivity index (χ1v) is 12.5. The number of benzene rings is 2. The highest BCUT2D eigenvalue weighted by molar-refractivity contribution is 7.99. The average molecular weight is 494 g/mol. The second kappa shape index (κ2) is 8.60. The Hall–Kier alpha value is -3.10. The predicted octanol–water partition coefficient (Wildman–Crippen LogP) is 4.80. The van der Waals surface area contributed by atoms with Gasteiger partial charge in [-0.15, -0.1) is 5.10 Å². The Labute approximate surface area is 206 Å². The van der Waals surface area contributed by atoms with Gasteiger partial charge < -0.3 is 5.32 Å². The van der Waals surface area contributed by atoms with Crippen LogP contribution in [0.4, 0.5) is 5.69 Å². The molecule has 0 fully saturated rings. The molecule has 0 atom stereocenters. The van der Waals surface area contributed by atoms with E-state index in [9.17, 15) is 9.59 Å². The van der Waals surface area contributed by atoms with Crippen LogP contribution in [0.3, 0.4) is 0 Å². The molecule has 1 amide bonds. The van der Waals surface area contributed by atoms with Crippen molar-refractivity contribution in [3.63, 3.8) is 0 Å². The molecule has 0 saturated heterocycles. The standard InChI is InChI=1S/C25H24ClN5O2S/c1-4-34-24-29-30(14-19(32)27-17-11-9-16(26)10-12-17)23-28-21-18-8-6-5-7-15(18)13-25(2,3)20(21)22(33)31(23)24/h5-12H,4,13-14H2,1-3H3,(H,27,32). The van der Waals surface area contributed by atoms with Crippen molar-refractivity contribution in [3.05, 3.63) is 75.0 Å². The van der Waals surface area contributed by atoms with Gasteiger partial charge in [0.05, 0.1) is 11.3 Å². The lowest BCUT2D eigenvalue weighted by atomic mass is 9.72. The van der Waals surface area contributed by atoms with Crippen LogP contribution in [0.25, 0.3) is 17.0 Å². The highest BCUT2D eigenvalue weighted by Crippen LogP contribution is 2.40. The van der Waals surface area contributed by atoms with Crippen LogP contribution in [-0.2, 0) is 23.2 Å². The molecule has 0 bridgehead atoms. The summed E-state index contributed by atoms with van der Waals surface area (Å²) in [6.45, 7) is 6.08. The molecule has 2 aromatic heterocycles. The van der Waals surface area contributed by atoms with E-state index in [0.29, 0.717) is 32.9 Å². The third-order valence-corrected chi connectivity index (χ3v) is 7.03. The Bertz CT molecular complexity index is 1470. The molecule has 2 heterocycles. The Kier molecular flexibility index (Phi) is 5.73. The van der Waals surface area contributed by atoms with Gasteiger partial charge in [-0.2, -0.15) is 0 Å². The van der Waals surface area contributed by atoms with E-state index in [0.717, 1.165) is 23.3 Å². The van der Waals surface area contributed by atoms with Crippen LogP contribution in [0.1, 0.15) is 31.9 Å². The molecule has 0 unspecified atom stereocenters. The molecule has 0 aliphatic heterocycles. The number of hydrogen-bond acceptors (Lipinski definition) is 5. The molecule has 1 aliphatic rings. The van der Waals surface area contributed by atoms with E-state index in [1.54, 1.807) is 28.7 Å². The van der Waals surface area contributed by atoms with Crippen molar-refractivity contribution in [2.24, 2.45) is 0 Å². The number of anilines is 1. The largest absolute Gasteiger partial charge is 0.324 e. The van der Waals surface area contributed by atoms with Crippen molar-refractivity contribution >= 4 is 40.7 Å². The summed E-state index contributed by atoms with van der Waals surface area (Å²) in [6, 6.07) is 14.9. The lowest BCUT2D eigenvalue weighted by Gasteiger charge is -2.32. The molecule has 174 valence electrons. The minimum Gasteiger partial charge on any atom is -0.324 e. The highest BCUT2D eigenvalue weighted by atomic mass is 35.5. The van der Waals surface area contributed by atoms with Crippen LogP contribution in [0, 0.1) is 0 Å². The van der Waals surface area contributed by atoms with Gasteiger partial charge in [0.1, 0.15) is 6.54 Å². The number of carbonyl (C=O) groups is 1. The molecule has 7 nitrogen and oxygen atoms in total. The lowest BCUT2D eigenvalue weighted by molar-refractivity contribution is -0.116. The van der Waals surface area contributed by atoms with Crippen molar-refractivity contribution in [2.75, 3.05) is 11.1 Å². The summed E-state index contributed by atoms with van der Waals surface area (Å²) in [7, 11) is 0. The monoisotopic (exact) mass is 493 g/mol. The van der Waals surface area contributed by atoms with E-state index >= 15 is 0 Å². The second-order valence-corrected chi connectivity index (χ2v) is 10.6. The zero-order valence-electron chi connectivity index (χ0n) is 19.1. The maximum atomic E-state index is 13.9. The van der Waals surface area contributed by atoms with Crippen LogP contribution < -0.4 is 10.9 Å². The van der Waals surface area contributed by atoms with E-state index in [1.165, 1.54) is 16.4 Å². The molecular weight excluding hydrogens is 470 g/mol. The number of nitrogens with zero attached hydrogens (tertiary/aromatic N) is 4. The van der Waals surface area contributed by atoms with E-state index in [-0.39, 0.29) is 23.4 Å². The smallest absolute Gasteiger partial charge is 0.265 e. The fourth-order valence-corrected chi connectivity index (χ4v) is 5.36. The summed E-state index contributed by atoms with van der Waals surface area (Å²) in [4.78, 5) is 31.6. The molecule has 2 aromatic carbocycles. The number of halogens is 1. The summed E-state index contributed by atoms with van der Waals surface area (Å²) in [5.41, 5.74) is 3.60. The SMILES string of the molecule is CCSc1nn(CC(=O)Nc2ccc(Cl)cc2)c2nc3c(c(=O)n12)C(C)(C)Cc1ccccc1-3. The molecule has 9 heteroatoms. The Balaban J connectivity index is 1.64. The van der Waals surface area contributed by atoms with Crippen LogP contribution >= 0.6 is 23.4 Å². The molecular formula is C25H24ClN5O2S. The first-order valence-electron chi connectivity index (χ1n) is 11.1. The zero-order valence-corrected chi connectivity index (χ0v) is 20.7. The van der Waals surface area contributed by atoms with Crippen molar-refractivity contribution in [1.82, 2.24) is 19.2 Å². The van der Waals surface area contributed by atoms with Crippen LogP contribution in [0.5, 0.6) is 0 Å². The Morgan fingerprint density at radius 2 is 1.91 bits per heavy atom. The van der Waals surface area contributed by atoms with Crippen LogP contribution in [-0.4, -0.2) is 30.8 Å². The predicted molar refractivity (Wildman–Crippen MR) is 136 cm³/mol. The fourth-order valence-electron chi connectivity index (χ4n) is 4.52. The molecule has 1 N–H and O–H groups in total. The lowest BCUT2D eigenvalue weighted by Crippen LogP contribution is -2.36. The molecule has 34 heavy (non-hydrogen) atoms. The Morgan fingerprint density at radius 3 is 2.65 bits per heavy atom. The first kappa shape index (κ1) is 22.7. The topological polar surface area (TPSA) is 81.3 Å². The third kappa shape index (κ3) is 3.91. The number of hydrogen-bond donors (Lipinski definition) is 1. The van der Waals surface area contributed by atoms with Gasteiger partial charge in [0.2, 0.25) is 11.7 Å². The maximum absolute atomic E-state index is 13.9. The average Bonchev–Trinajstić information content (AvgIpc) is 3.12. The summed E-state index contributed by atoms with van der Waals surface area (Å²) < 4.78 is 3.06. The first-order chi connectivity index (χ1) is 16.3. The quantitative estimate of drug-likeness (QED) is 0.404. The van der Waals surface area contributed by atoms with Gasteiger partial charge in [0, 0.05) is 21.7 Å². The third-order valence-electron chi connectivity index (χ3n) is 5.97. The fraction of sp³-hybridized carbons (Fsp3) is 0.280. The molecule has 0 saturated carbocycles. The number of aromatic nitrogens is 4. The van der Waals surface area contributed by atoms with Gasteiger partial charge in [0.25, 0.3) is 5.56 Å². The molecule has 4 aromatic rings. The van der Waals surface area contributed by atoms with E-state index in [2.05, 4.69) is 30.3 Å². The van der Waals surface area contributed by atoms with Crippen molar-refractivity contribution in [1.29, 1.82) is 0 Å². The van der Waals surface area contributed by atoms with Crippen molar-refractivity contribution < 1.29 is 4.79 Å². The molecule has 5 rings (SSSR count). The number of carbonyl (C=O) groups excluding carboxylic acids is 1. The summed E-state index contributed by atoms with van der Waals surface area (Å²) in [5, 5.41) is 8.58. The van der Waals surface area contributed by atoms with Gasteiger partial charge in [-0.25, -0.2) is 14.1 Å². The highest BCUT2D eigenvalue weighted by Gasteiger charge is 2.36. The van der Waals surface area contributed by atoms with Crippen LogP contribution in [0.15, 0.2) is 58.5 Å². The Morgan fingerprint density at radius 1 is 1.18 bits per heavy atom. The van der Waals surface area contributed by atoms with E-state index in [1.807, 2.05) is 25.1 Å². The van der Waals surface area contributed by atoms with Gasteiger partial charge in [-0.05, 0) is 42.0 Å².